The highest BCUT2D eigenvalue weighted by Crippen LogP contribution is 2.37. The zero-order valence-electron chi connectivity index (χ0n) is 15.2. The zero-order valence-corrected chi connectivity index (χ0v) is 17.6. The molecule has 3 aromatic rings. The van der Waals surface area contributed by atoms with E-state index in [1.54, 1.807) is 54.6 Å². The molecule has 0 saturated heterocycles. The van der Waals surface area contributed by atoms with Crippen LogP contribution < -0.4 is 9.46 Å². The van der Waals surface area contributed by atoms with E-state index >= 15 is 0 Å². The van der Waals surface area contributed by atoms with Crippen molar-refractivity contribution in [2.24, 2.45) is 0 Å². The van der Waals surface area contributed by atoms with Crippen LogP contribution in [-0.2, 0) is 16.2 Å². The highest BCUT2D eigenvalue weighted by Gasteiger charge is 2.31. The first-order valence-corrected chi connectivity index (χ1v) is 10.9. The maximum absolute atomic E-state index is 13.1. The summed E-state index contributed by atoms with van der Waals surface area (Å²) in [6, 6.07) is 17.8. The van der Waals surface area contributed by atoms with Crippen molar-refractivity contribution in [2.45, 2.75) is 6.18 Å². The summed E-state index contributed by atoms with van der Waals surface area (Å²) in [5.41, 5.74) is -0.709. The lowest BCUT2D eigenvalue weighted by molar-refractivity contribution is -0.137. The first kappa shape index (κ1) is 21.9. The standard InChI is InChI=1S/C21H15BrF3NO3S/c22-17-7-9-18(10-8-17)29-20-11-6-16(21(23,24)25)14-19(20)26-30(27,28)13-12-15-4-2-1-3-5-15/h1-14,26H/b13-12+. The molecule has 0 fully saturated rings. The topological polar surface area (TPSA) is 55.4 Å². The molecule has 3 rings (SSSR count). The number of hydrogen-bond acceptors (Lipinski definition) is 3. The normalized spacial score (nSPS) is 12.1. The van der Waals surface area contributed by atoms with E-state index in [0.29, 0.717) is 17.4 Å². The second kappa shape index (κ2) is 8.93. The molecule has 0 spiro atoms. The Morgan fingerprint density at radius 1 is 0.933 bits per heavy atom. The van der Waals surface area contributed by atoms with E-state index in [4.69, 9.17) is 4.74 Å². The van der Waals surface area contributed by atoms with Crippen molar-refractivity contribution in [2.75, 3.05) is 4.72 Å². The lowest BCUT2D eigenvalue weighted by Crippen LogP contribution is -2.12. The summed E-state index contributed by atoms with van der Waals surface area (Å²) in [6.07, 6.45) is -3.30. The van der Waals surface area contributed by atoms with Gasteiger partial charge in [0.2, 0.25) is 0 Å². The Kier molecular flexibility index (Phi) is 6.52. The summed E-state index contributed by atoms with van der Waals surface area (Å²) < 4.78 is 72.8. The fourth-order valence-electron chi connectivity index (χ4n) is 2.42. The molecule has 30 heavy (non-hydrogen) atoms. The molecule has 0 aromatic heterocycles. The van der Waals surface area contributed by atoms with Gasteiger partial charge in [0.25, 0.3) is 10.0 Å². The molecular formula is C21H15BrF3NO3S. The first-order chi connectivity index (χ1) is 14.1. The highest BCUT2D eigenvalue weighted by atomic mass is 79.9. The fraction of sp³-hybridized carbons (Fsp3) is 0.0476. The molecule has 0 radical (unpaired) electrons. The van der Waals surface area contributed by atoms with E-state index in [1.165, 1.54) is 6.08 Å². The molecule has 4 nitrogen and oxygen atoms in total. The number of nitrogens with one attached hydrogen (secondary N) is 1. The van der Waals surface area contributed by atoms with Gasteiger partial charge in [-0.3, -0.25) is 4.72 Å². The Balaban J connectivity index is 1.93. The number of hydrogen-bond donors (Lipinski definition) is 1. The Hall–Kier alpha value is -2.78. The van der Waals surface area contributed by atoms with Crippen LogP contribution in [0.1, 0.15) is 11.1 Å². The van der Waals surface area contributed by atoms with E-state index in [2.05, 4.69) is 20.7 Å². The van der Waals surface area contributed by atoms with E-state index in [1.807, 2.05) is 0 Å². The lowest BCUT2D eigenvalue weighted by atomic mass is 10.2. The van der Waals surface area contributed by atoms with Crippen molar-refractivity contribution in [3.8, 4) is 11.5 Å². The summed E-state index contributed by atoms with van der Waals surface area (Å²) in [5, 5.41) is 0.881. The van der Waals surface area contributed by atoms with Crippen molar-refractivity contribution in [1.29, 1.82) is 0 Å². The van der Waals surface area contributed by atoms with E-state index in [9.17, 15) is 21.6 Å². The van der Waals surface area contributed by atoms with Crippen LogP contribution in [0.4, 0.5) is 18.9 Å². The third kappa shape index (κ3) is 6.11. The minimum Gasteiger partial charge on any atom is -0.455 e. The number of anilines is 1. The van der Waals surface area contributed by atoms with E-state index in [0.717, 1.165) is 22.0 Å². The predicted molar refractivity (Wildman–Crippen MR) is 114 cm³/mol. The smallest absolute Gasteiger partial charge is 0.416 e. The number of alkyl halides is 3. The highest BCUT2D eigenvalue weighted by molar-refractivity contribution is 9.10. The van der Waals surface area contributed by atoms with Crippen LogP contribution in [0, 0.1) is 0 Å². The summed E-state index contributed by atoms with van der Waals surface area (Å²) in [5.74, 6) is 0.264. The minimum absolute atomic E-state index is 0.0676. The minimum atomic E-state index is -4.64. The third-order valence-corrected chi connectivity index (χ3v) is 5.37. The number of sulfonamides is 1. The molecule has 0 aliphatic heterocycles. The van der Waals surface area contributed by atoms with Crippen molar-refractivity contribution in [3.05, 3.63) is 93.8 Å². The molecule has 0 atom stereocenters. The number of benzene rings is 3. The van der Waals surface area contributed by atoms with Gasteiger partial charge in [-0.05, 0) is 54.1 Å². The molecule has 3 aromatic carbocycles. The van der Waals surface area contributed by atoms with Crippen LogP contribution in [-0.4, -0.2) is 8.42 Å². The van der Waals surface area contributed by atoms with Gasteiger partial charge in [0, 0.05) is 4.47 Å². The van der Waals surface area contributed by atoms with Crippen molar-refractivity contribution >= 4 is 37.7 Å². The molecule has 156 valence electrons. The van der Waals surface area contributed by atoms with Gasteiger partial charge in [0.1, 0.15) is 5.75 Å². The summed E-state index contributed by atoms with van der Waals surface area (Å²) in [6.45, 7) is 0. The molecule has 0 unspecified atom stereocenters. The van der Waals surface area contributed by atoms with Gasteiger partial charge in [0.05, 0.1) is 16.7 Å². The van der Waals surface area contributed by atoms with Crippen LogP contribution in [0.15, 0.2) is 82.7 Å². The predicted octanol–water partition coefficient (Wildman–Crippen LogP) is 6.67. The Morgan fingerprint density at radius 2 is 1.60 bits per heavy atom. The van der Waals surface area contributed by atoms with Gasteiger partial charge in [-0.25, -0.2) is 8.42 Å². The lowest BCUT2D eigenvalue weighted by Gasteiger charge is -2.15. The molecule has 0 aliphatic carbocycles. The Morgan fingerprint density at radius 3 is 2.23 bits per heavy atom. The van der Waals surface area contributed by atoms with Gasteiger partial charge < -0.3 is 4.74 Å². The molecule has 9 heteroatoms. The average Bonchev–Trinajstić information content (AvgIpc) is 2.69. The van der Waals surface area contributed by atoms with Gasteiger partial charge >= 0.3 is 6.18 Å². The molecular weight excluding hydrogens is 483 g/mol. The molecule has 0 heterocycles. The number of ether oxygens (including phenoxy) is 1. The summed E-state index contributed by atoms with van der Waals surface area (Å²) >= 11 is 3.27. The van der Waals surface area contributed by atoms with Gasteiger partial charge in [-0.15, -0.1) is 0 Å². The Labute approximate surface area is 180 Å². The molecule has 0 aliphatic rings. The van der Waals surface area contributed by atoms with E-state index in [-0.39, 0.29) is 11.4 Å². The molecule has 0 amide bonds. The third-order valence-electron chi connectivity index (χ3n) is 3.84. The number of rotatable bonds is 6. The first-order valence-electron chi connectivity index (χ1n) is 8.53. The van der Waals surface area contributed by atoms with Crippen molar-refractivity contribution in [1.82, 2.24) is 0 Å². The van der Waals surface area contributed by atoms with E-state index < -0.39 is 21.8 Å². The molecule has 0 saturated carbocycles. The second-order valence-electron chi connectivity index (χ2n) is 6.13. The average molecular weight is 498 g/mol. The van der Waals surface area contributed by atoms with Crippen LogP contribution >= 0.6 is 15.9 Å². The van der Waals surface area contributed by atoms with Crippen LogP contribution in [0.25, 0.3) is 6.08 Å². The van der Waals surface area contributed by atoms with Gasteiger partial charge in [-0.1, -0.05) is 46.3 Å². The van der Waals surface area contributed by atoms with Gasteiger partial charge in [0.15, 0.2) is 5.75 Å². The monoisotopic (exact) mass is 497 g/mol. The summed E-state index contributed by atoms with van der Waals surface area (Å²) in [7, 11) is -4.10. The quantitative estimate of drug-likeness (QED) is 0.413. The molecule has 1 N–H and O–H groups in total. The fourth-order valence-corrected chi connectivity index (χ4v) is 3.56. The molecule has 0 bridgehead atoms. The Bertz CT molecular complexity index is 1150. The van der Waals surface area contributed by atoms with Crippen LogP contribution in [0.3, 0.4) is 0 Å². The maximum Gasteiger partial charge on any atom is 0.416 e. The zero-order chi connectivity index (χ0) is 21.8. The van der Waals surface area contributed by atoms with Crippen molar-refractivity contribution in [3.63, 3.8) is 0 Å². The van der Waals surface area contributed by atoms with Crippen LogP contribution in [0.5, 0.6) is 11.5 Å². The van der Waals surface area contributed by atoms with Gasteiger partial charge in [-0.2, -0.15) is 13.2 Å². The largest absolute Gasteiger partial charge is 0.455 e. The summed E-state index contributed by atoms with van der Waals surface area (Å²) in [4.78, 5) is 0. The van der Waals surface area contributed by atoms with Crippen LogP contribution in [0.2, 0.25) is 0 Å². The van der Waals surface area contributed by atoms with Crippen molar-refractivity contribution < 1.29 is 26.3 Å². The second-order valence-corrected chi connectivity index (χ2v) is 8.61. The SMILES string of the molecule is O=S(=O)(/C=C/c1ccccc1)Nc1cc(C(F)(F)F)ccc1Oc1ccc(Br)cc1. The maximum atomic E-state index is 13.1. The number of halogens is 4.